The molecule has 3 aliphatic rings. The molecule has 2 fully saturated rings. The number of halogens is 2. The van der Waals surface area contributed by atoms with Gasteiger partial charge in [-0.25, -0.2) is 14.4 Å². The number of H-pyrrole nitrogens is 1. The smallest absolute Gasteiger partial charge is 0.278 e. The van der Waals surface area contributed by atoms with Crippen molar-refractivity contribution in [1.82, 2.24) is 34.6 Å². The van der Waals surface area contributed by atoms with Gasteiger partial charge in [0.25, 0.3) is 5.79 Å². The molecule has 12 heteroatoms. The number of ether oxygens (including phenoxy) is 3. The maximum absolute atomic E-state index is 14.8. The third-order valence-corrected chi connectivity index (χ3v) is 9.21. The number of aromatic amines is 1. The normalized spacial score (nSPS) is 22.0. The van der Waals surface area contributed by atoms with Crippen molar-refractivity contribution in [2.24, 2.45) is 0 Å². The maximum Gasteiger partial charge on any atom is 0.278 e. The van der Waals surface area contributed by atoms with Crippen LogP contribution in [0.3, 0.4) is 0 Å². The molecular formula is C32H31ClFN7O3. The van der Waals surface area contributed by atoms with Crippen LogP contribution in [0.25, 0.3) is 22.6 Å². The summed E-state index contributed by atoms with van der Waals surface area (Å²) in [6.07, 6.45) is 6.50. The molecule has 2 saturated heterocycles. The van der Waals surface area contributed by atoms with E-state index in [1.807, 2.05) is 24.4 Å². The molecule has 5 aromatic rings. The molecule has 1 N–H and O–H groups in total. The monoisotopic (exact) mass is 615 g/mol. The molecule has 0 spiro atoms. The van der Waals surface area contributed by atoms with Gasteiger partial charge >= 0.3 is 0 Å². The van der Waals surface area contributed by atoms with E-state index >= 15 is 0 Å². The summed E-state index contributed by atoms with van der Waals surface area (Å²) in [7, 11) is 0. The van der Waals surface area contributed by atoms with Crippen LogP contribution in [-0.2, 0) is 23.6 Å². The van der Waals surface area contributed by atoms with Gasteiger partial charge in [-0.05, 0) is 68.6 Å². The number of hydrogen-bond acceptors (Lipinski definition) is 8. The van der Waals surface area contributed by atoms with Crippen LogP contribution in [0.4, 0.5) is 4.39 Å². The fourth-order valence-corrected chi connectivity index (χ4v) is 6.69. The molecule has 0 saturated carbocycles. The first-order valence-corrected chi connectivity index (χ1v) is 15.3. The van der Waals surface area contributed by atoms with Gasteiger partial charge in [-0.15, -0.1) is 0 Å². The zero-order chi connectivity index (χ0) is 29.8. The number of para-hydroxylation sites is 1. The summed E-state index contributed by atoms with van der Waals surface area (Å²) in [4.78, 5) is 16.4. The van der Waals surface area contributed by atoms with Gasteiger partial charge in [0.2, 0.25) is 0 Å². The van der Waals surface area contributed by atoms with Crippen LogP contribution in [0, 0.1) is 5.82 Å². The molecule has 226 valence electrons. The molecule has 2 aromatic carbocycles. The number of likely N-dealkylation sites (tertiary alicyclic amines) is 1. The zero-order valence-corrected chi connectivity index (χ0v) is 24.9. The summed E-state index contributed by atoms with van der Waals surface area (Å²) in [5, 5.41) is 7.16. The molecule has 3 aromatic heterocycles. The second-order valence-electron chi connectivity index (χ2n) is 11.8. The molecule has 44 heavy (non-hydrogen) atoms. The lowest BCUT2D eigenvalue weighted by Crippen LogP contribution is -2.35. The van der Waals surface area contributed by atoms with Crippen LogP contribution in [-0.4, -0.2) is 60.4 Å². The van der Waals surface area contributed by atoms with E-state index in [1.165, 1.54) is 12.4 Å². The van der Waals surface area contributed by atoms with Crippen LogP contribution < -0.4 is 9.47 Å². The number of rotatable bonds is 7. The molecule has 6 heterocycles. The number of hydrogen-bond donors (Lipinski definition) is 1. The van der Waals surface area contributed by atoms with Crippen molar-refractivity contribution >= 4 is 22.6 Å². The van der Waals surface area contributed by atoms with E-state index in [0.29, 0.717) is 33.6 Å². The lowest BCUT2D eigenvalue weighted by molar-refractivity contribution is -0.0712. The highest BCUT2D eigenvalue weighted by Gasteiger charge is 2.43. The Morgan fingerprint density at radius 3 is 2.70 bits per heavy atom. The SMILES string of the molecule is C[C@]1(c2ccc(Cl)cc2F)Oc2cccc(C3CCN(Cc4nc5cc(-c6ncn[nH]6)ncc5n4C[C@@H]4CCO4)CC3)c2O1. The van der Waals surface area contributed by atoms with E-state index in [0.717, 1.165) is 74.5 Å². The average Bonchev–Trinajstić information content (AvgIpc) is 3.72. The van der Waals surface area contributed by atoms with Gasteiger partial charge in [-0.1, -0.05) is 23.7 Å². The van der Waals surface area contributed by atoms with Crippen LogP contribution in [0.2, 0.25) is 5.02 Å². The Hall–Kier alpha value is -4.06. The molecule has 0 radical (unpaired) electrons. The van der Waals surface area contributed by atoms with Crippen LogP contribution in [0.15, 0.2) is 55.0 Å². The largest absolute Gasteiger partial charge is 0.444 e. The van der Waals surface area contributed by atoms with E-state index in [2.05, 4.69) is 35.7 Å². The van der Waals surface area contributed by atoms with Crippen LogP contribution in [0.5, 0.6) is 11.5 Å². The molecule has 0 unspecified atom stereocenters. The Bertz CT molecular complexity index is 1840. The minimum atomic E-state index is -1.26. The molecule has 0 aliphatic carbocycles. The molecule has 3 aliphatic heterocycles. The summed E-state index contributed by atoms with van der Waals surface area (Å²) in [5.74, 6) is 1.52. The first-order valence-electron chi connectivity index (χ1n) is 14.9. The number of fused-ring (bicyclic) bond motifs is 2. The van der Waals surface area contributed by atoms with Gasteiger partial charge in [0.05, 0.1) is 42.0 Å². The van der Waals surface area contributed by atoms with Crippen LogP contribution >= 0.6 is 11.6 Å². The predicted octanol–water partition coefficient (Wildman–Crippen LogP) is 5.82. The Balaban J connectivity index is 0.999. The number of pyridine rings is 1. The Labute approximate surface area is 258 Å². The minimum absolute atomic E-state index is 0.195. The van der Waals surface area contributed by atoms with Crippen LogP contribution in [0.1, 0.15) is 49.1 Å². The number of nitrogens with one attached hydrogen (secondary N) is 1. The Morgan fingerprint density at radius 2 is 1.95 bits per heavy atom. The standard InChI is InChI=1S/C32H31ClFN7O3/c1-32(23-6-5-20(33)13-24(23)34)43-28-4-2-3-22(30(28)44-32)19-7-10-40(11-8-19)17-29-38-25-14-26(31-36-18-37-39-31)35-15-27(25)41(29)16-21-9-12-42-21/h2-6,13-15,18-19,21H,7-12,16-17H2,1H3,(H,36,37,39)/t21-,32-/m0/s1. The van der Waals surface area contributed by atoms with E-state index in [1.54, 1.807) is 19.1 Å². The quantitative estimate of drug-likeness (QED) is 0.244. The Kier molecular flexibility index (Phi) is 6.77. The highest BCUT2D eigenvalue weighted by atomic mass is 35.5. The number of nitrogens with zero attached hydrogens (tertiary/aromatic N) is 6. The molecule has 2 atom stereocenters. The average molecular weight is 616 g/mol. The number of benzene rings is 2. The van der Waals surface area contributed by atoms with Gasteiger partial charge in [0.15, 0.2) is 17.3 Å². The summed E-state index contributed by atoms with van der Waals surface area (Å²) in [5.41, 5.74) is 4.00. The molecule has 8 rings (SSSR count). The number of imidazole rings is 1. The summed E-state index contributed by atoms with van der Waals surface area (Å²) < 4.78 is 35.5. The first-order chi connectivity index (χ1) is 21.4. The van der Waals surface area contributed by atoms with E-state index in [9.17, 15) is 4.39 Å². The van der Waals surface area contributed by atoms with E-state index in [-0.39, 0.29) is 12.0 Å². The molecule has 0 bridgehead atoms. The lowest BCUT2D eigenvalue weighted by Gasteiger charge is -2.33. The summed E-state index contributed by atoms with van der Waals surface area (Å²) in [6, 6.07) is 12.5. The number of piperidine rings is 1. The van der Waals surface area contributed by atoms with Crippen molar-refractivity contribution in [2.75, 3.05) is 19.7 Å². The van der Waals surface area contributed by atoms with E-state index in [4.69, 9.17) is 30.8 Å². The maximum atomic E-state index is 14.8. The predicted molar refractivity (Wildman–Crippen MR) is 161 cm³/mol. The summed E-state index contributed by atoms with van der Waals surface area (Å²) >= 11 is 5.99. The molecule has 10 nitrogen and oxygen atoms in total. The van der Waals surface area contributed by atoms with Gasteiger partial charge in [-0.3, -0.25) is 15.0 Å². The van der Waals surface area contributed by atoms with Gasteiger partial charge in [0, 0.05) is 24.1 Å². The van der Waals surface area contributed by atoms with Crippen molar-refractivity contribution in [2.45, 2.75) is 57.1 Å². The van der Waals surface area contributed by atoms with Crippen molar-refractivity contribution < 1.29 is 18.6 Å². The zero-order valence-electron chi connectivity index (χ0n) is 24.2. The highest BCUT2D eigenvalue weighted by Crippen LogP contribution is 2.50. The second kappa shape index (κ2) is 10.8. The fourth-order valence-electron chi connectivity index (χ4n) is 6.53. The third-order valence-electron chi connectivity index (χ3n) is 8.97. The lowest BCUT2D eigenvalue weighted by atomic mass is 9.88. The third kappa shape index (κ3) is 4.89. The van der Waals surface area contributed by atoms with Gasteiger partial charge in [-0.2, -0.15) is 5.10 Å². The first kappa shape index (κ1) is 27.5. The topological polar surface area (TPSA) is 103 Å². The molecular weight excluding hydrogens is 585 g/mol. The van der Waals surface area contributed by atoms with Crippen molar-refractivity contribution in [3.05, 3.63) is 82.8 Å². The van der Waals surface area contributed by atoms with E-state index < -0.39 is 11.6 Å². The fraction of sp³-hybridized carbons (Fsp3) is 0.375. The minimum Gasteiger partial charge on any atom is -0.444 e. The van der Waals surface area contributed by atoms with Crippen molar-refractivity contribution in [3.63, 3.8) is 0 Å². The second-order valence-corrected chi connectivity index (χ2v) is 12.2. The number of aromatic nitrogens is 6. The van der Waals surface area contributed by atoms with Gasteiger partial charge < -0.3 is 18.8 Å². The highest BCUT2D eigenvalue weighted by molar-refractivity contribution is 6.30. The van der Waals surface area contributed by atoms with Gasteiger partial charge in [0.1, 0.15) is 23.7 Å². The Morgan fingerprint density at radius 1 is 1.09 bits per heavy atom. The summed E-state index contributed by atoms with van der Waals surface area (Å²) in [6.45, 7) is 5.85. The molecule has 0 amide bonds. The van der Waals surface area contributed by atoms with Crippen molar-refractivity contribution in [3.8, 4) is 23.0 Å². The van der Waals surface area contributed by atoms with Crippen molar-refractivity contribution in [1.29, 1.82) is 0 Å².